The van der Waals surface area contributed by atoms with Crippen LogP contribution in [0.2, 0.25) is 0 Å². The Labute approximate surface area is 218 Å². The summed E-state index contributed by atoms with van der Waals surface area (Å²) in [7, 11) is 0. The van der Waals surface area contributed by atoms with Crippen molar-refractivity contribution in [3.05, 3.63) is 77.2 Å². The minimum Gasteiger partial charge on any atom is -0.444 e. The maximum Gasteiger partial charge on any atom is 0.425 e. The van der Waals surface area contributed by atoms with Crippen molar-refractivity contribution in [3.8, 4) is 5.82 Å². The lowest BCUT2D eigenvalue weighted by Crippen LogP contribution is -2.50. The summed E-state index contributed by atoms with van der Waals surface area (Å²) >= 11 is 0. The third-order valence-corrected chi connectivity index (χ3v) is 6.00. The van der Waals surface area contributed by atoms with Gasteiger partial charge in [0.1, 0.15) is 17.1 Å². The number of piperazine rings is 1. The molecule has 3 aromatic heterocycles. The van der Waals surface area contributed by atoms with Crippen LogP contribution in [0.5, 0.6) is 0 Å². The average molecular weight is 517 g/mol. The van der Waals surface area contributed by atoms with Gasteiger partial charge in [0.25, 0.3) is 5.91 Å². The molecule has 0 radical (unpaired) electrons. The zero-order valence-electron chi connectivity index (χ0n) is 21.4. The molecule has 4 aromatic rings. The van der Waals surface area contributed by atoms with E-state index in [0.29, 0.717) is 43.0 Å². The van der Waals surface area contributed by atoms with Crippen molar-refractivity contribution < 1.29 is 18.7 Å². The van der Waals surface area contributed by atoms with E-state index in [-0.39, 0.29) is 17.6 Å². The fraction of sp³-hybridized carbons (Fsp3) is 0.296. The van der Waals surface area contributed by atoms with Crippen LogP contribution in [0.1, 0.15) is 31.3 Å². The number of nitrogens with zero attached hydrogens (tertiary/aromatic N) is 5. The Kier molecular flexibility index (Phi) is 6.58. The summed E-state index contributed by atoms with van der Waals surface area (Å²) < 4.78 is 12.1. The maximum atomic E-state index is 13.2. The largest absolute Gasteiger partial charge is 0.444 e. The van der Waals surface area contributed by atoms with Gasteiger partial charge in [-0.1, -0.05) is 18.2 Å². The molecule has 0 spiro atoms. The van der Waals surface area contributed by atoms with Crippen LogP contribution >= 0.6 is 0 Å². The van der Waals surface area contributed by atoms with E-state index in [2.05, 4.69) is 20.2 Å². The van der Waals surface area contributed by atoms with Crippen molar-refractivity contribution in [1.29, 1.82) is 0 Å². The number of anilines is 2. The van der Waals surface area contributed by atoms with Gasteiger partial charge >= 0.3 is 11.8 Å². The van der Waals surface area contributed by atoms with E-state index in [4.69, 9.17) is 9.15 Å². The number of oxazole rings is 1. The van der Waals surface area contributed by atoms with Crippen molar-refractivity contribution in [2.75, 3.05) is 36.4 Å². The molecular formula is C27H28N6O5. The molecule has 1 saturated heterocycles. The fourth-order valence-corrected chi connectivity index (χ4v) is 4.26. The number of carbonyl (C=O) groups is 2. The topological polar surface area (TPSA) is 123 Å². The molecule has 38 heavy (non-hydrogen) atoms. The summed E-state index contributed by atoms with van der Waals surface area (Å²) in [6.07, 6.45) is 2.89. The number of pyridine rings is 2. The van der Waals surface area contributed by atoms with Gasteiger partial charge in [-0.25, -0.2) is 19.1 Å². The predicted octanol–water partition coefficient (Wildman–Crippen LogP) is 3.68. The number of aromatic nitrogens is 3. The minimum absolute atomic E-state index is 0.129. The minimum atomic E-state index is -0.587. The number of fused-ring (bicyclic) bond motifs is 1. The molecule has 2 amide bonds. The molecule has 0 bridgehead atoms. The van der Waals surface area contributed by atoms with E-state index in [1.807, 2.05) is 26.8 Å². The van der Waals surface area contributed by atoms with Crippen LogP contribution in [-0.4, -0.2) is 63.2 Å². The van der Waals surface area contributed by atoms with Gasteiger partial charge in [-0.15, -0.1) is 0 Å². The first-order chi connectivity index (χ1) is 18.2. The molecule has 1 fully saturated rings. The Hall–Kier alpha value is -4.67. The number of carbonyl (C=O) groups excluding carboxylic acids is 2. The lowest BCUT2D eigenvalue weighted by molar-refractivity contribution is 0.0240. The summed E-state index contributed by atoms with van der Waals surface area (Å²) in [5.74, 6) is -0.761. The molecule has 4 heterocycles. The van der Waals surface area contributed by atoms with Gasteiger partial charge in [0, 0.05) is 32.4 Å². The van der Waals surface area contributed by atoms with Gasteiger partial charge in [-0.05, 0) is 51.1 Å². The average Bonchev–Trinajstić information content (AvgIpc) is 3.24. The first-order valence-corrected chi connectivity index (χ1v) is 12.3. The third kappa shape index (κ3) is 5.22. The van der Waals surface area contributed by atoms with Crippen LogP contribution in [-0.2, 0) is 4.74 Å². The Morgan fingerprint density at radius 1 is 1.00 bits per heavy atom. The number of hydrogen-bond donors (Lipinski definition) is 1. The molecule has 1 aliphatic heterocycles. The van der Waals surface area contributed by atoms with Crippen molar-refractivity contribution in [1.82, 2.24) is 19.4 Å². The first-order valence-electron chi connectivity index (χ1n) is 12.3. The zero-order valence-corrected chi connectivity index (χ0v) is 21.4. The quantitative estimate of drug-likeness (QED) is 0.436. The van der Waals surface area contributed by atoms with Crippen LogP contribution in [0.4, 0.5) is 16.2 Å². The molecule has 0 saturated carbocycles. The van der Waals surface area contributed by atoms with Crippen LogP contribution in [0.15, 0.2) is 70.1 Å². The molecule has 0 unspecified atom stereocenters. The van der Waals surface area contributed by atoms with Gasteiger partial charge in [0.2, 0.25) is 0 Å². The first kappa shape index (κ1) is 25.0. The van der Waals surface area contributed by atoms with E-state index >= 15 is 0 Å². The smallest absolute Gasteiger partial charge is 0.425 e. The molecule has 1 N–H and O–H groups in total. The normalized spacial score (nSPS) is 14.0. The molecule has 11 heteroatoms. The van der Waals surface area contributed by atoms with Crippen molar-refractivity contribution in [2.24, 2.45) is 0 Å². The zero-order chi connectivity index (χ0) is 26.9. The summed E-state index contributed by atoms with van der Waals surface area (Å²) in [4.78, 5) is 50.4. The molecule has 5 rings (SSSR count). The Morgan fingerprint density at radius 3 is 2.53 bits per heavy atom. The van der Waals surface area contributed by atoms with Crippen LogP contribution in [0.3, 0.4) is 0 Å². The van der Waals surface area contributed by atoms with E-state index in [9.17, 15) is 14.4 Å². The van der Waals surface area contributed by atoms with Crippen LogP contribution in [0, 0.1) is 0 Å². The number of benzene rings is 1. The lowest BCUT2D eigenvalue weighted by Gasteiger charge is -2.37. The van der Waals surface area contributed by atoms with Crippen molar-refractivity contribution in [2.45, 2.75) is 26.4 Å². The number of hydrogen-bond acceptors (Lipinski definition) is 8. The fourth-order valence-electron chi connectivity index (χ4n) is 4.26. The number of rotatable bonds is 4. The van der Waals surface area contributed by atoms with Crippen molar-refractivity contribution >= 4 is 34.5 Å². The maximum absolute atomic E-state index is 13.2. The van der Waals surface area contributed by atoms with E-state index in [0.717, 1.165) is 5.69 Å². The Morgan fingerprint density at radius 2 is 1.76 bits per heavy atom. The molecule has 196 valence electrons. The standard InChI is InChI=1S/C27H28N6O5/c1-27(2,3)38-25(35)32-15-13-31(14-16-32)20-11-12-28-17-19(20)30-24(34)18-7-6-10-23(29-18)33-21-8-4-5-9-22(21)37-26(33)36/h4-12,17H,13-16H2,1-3H3,(H,30,34). The molecule has 0 atom stereocenters. The second kappa shape index (κ2) is 10.0. The molecular weight excluding hydrogens is 488 g/mol. The van der Waals surface area contributed by atoms with E-state index in [1.54, 1.807) is 59.8 Å². The Bertz CT molecular complexity index is 1550. The summed E-state index contributed by atoms with van der Waals surface area (Å²) in [5, 5.41) is 2.89. The molecule has 11 nitrogen and oxygen atoms in total. The van der Waals surface area contributed by atoms with Gasteiger partial charge in [-0.3, -0.25) is 9.78 Å². The monoisotopic (exact) mass is 516 g/mol. The predicted molar refractivity (Wildman–Crippen MR) is 142 cm³/mol. The number of nitrogens with one attached hydrogen (secondary N) is 1. The molecule has 1 aliphatic rings. The Balaban J connectivity index is 1.32. The second-order valence-electron chi connectivity index (χ2n) is 9.85. The van der Waals surface area contributed by atoms with Crippen LogP contribution < -0.4 is 16.0 Å². The highest BCUT2D eigenvalue weighted by Gasteiger charge is 2.27. The van der Waals surface area contributed by atoms with Gasteiger partial charge in [0.05, 0.1) is 23.1 Å². The van der Waals surface area contributed by atoms with Gasteiger partial charge in [-0.2, -0.15) is 0 Å². The van der Waals surface area contributed by atoms with E-state index in [1.165, 1.54) is 4.57 Å². The number of amides is 2. The molecule has 1 aromatic carbocycles. The summed E-state index contributed by atoms with van der Waals surface area (Å²) in [6.45, 7) is 7.63. The third-order valence-electron chi connectivity index (χ3n) is 6.00. The van der Waals surface area contributed by atoms with Crippen molar-refractivity contribution in [3.63, 3.8) is 0 Å². The summed E-state index contributed by atoms with van der Waals surface area (Å²) in [6, 6.07) is 13.7. The highest BCUT2D eigenvalue weighted by Crippen LogP contribution is 2.27. The van der Waals surface area contributed by atoms with Gasteiger partial charge in [0.15, 0.2) is 5.58 Å². The lowest BCUT2D eigenvalue weighted by atomic mass is 10.2. The SMILES string of the molecule is CC(C)(C)OC(=O)N1CCN(c2ccncc2NC(=O)c2cccc(-n3c(=O)oc4ccccc43)n2)CC1. The molecule has 0 aliphatic carbocycles. The van der Waals surface area contributed by atoms with Crippen LogP contribution in [0.25, 0.3) is 16.9 Å². The highest BCUT2D eigenvalue weighted by atomic mass is 16.6. The number of ether oxygens (including phenoxy) is 1. The van der Waals surface area contributed by atoms with Gasteiger partial charge < -0.3 is 24.3 Å². The second-order valence-corrected chi connectivity index (χ2v) is 9.85. The summed E-state index contributed by atoms with van der Waals surface area (Å²) in [5.41, 5.74) is 1.86. The highest BCUT2D eigenvalue weighted by molar-refractivity contribution is 6.04. The van der Waals surface area contributed by atoms with E-state index < -0.39 is 17.3 Å². The number of para-hydroxylation sites is 2.